The number of hydrogen-bond donors (Lipinski definition) is 0. The third kappa shape index (κ3) is 2.02. The van der Waals surface area contributed by atoms with E-state index in [-0.39, 0.29) is 11.9 Å². The predicted molar refractivity (Wildman–Crippen MR) is 58.5 cm³/mol. The molecule has 4 nitrogen and oxygen atoms in total. The molecular formula is C10H14N2O2S. The van der Waals surface area contributed by atoms with Gasteiger partial charge in [0.2, 0.25) is 11.8 Å². The van der Waals surface area contributed by atoms with Gasteiger partial charge in [0, 0.05) is 19.1 Å². The molecule has 1 amide bonds. The minimum Gasteiger partial charge on any atom is -0.443 e. The van der Waals surface area contributed by atoms with E-state index in [0.29, 0.717) is 5.89 Å². The van der Waals surface area contributed by atoms with E-state index in [1.165, 1.54) is 0 Å². The summed E-state index contributed by atoms with van der Waals surface area (Å²) >= 11 is 1.74. The summed E-state index contributed by atoms with van der Waals surface area (Å²) in [5, 5.41) is 0. The van der Waals surface area contributed by atoms with Crippen molar-refractivity contribution in [2.75, 3.05) is 11.6 Å². The summed E-state index contributed by atoms with van der Waals surface area (Å²) in [6, 6.07) is 0.0211. The zero-order valence-corrected chi connectivity index (χ0v) is 9.71. The average Bonchev–Trinajstić information content (AvgIpc) is 2.85. The van der Waals surface area contributed by atoms with Gasteiger partial charge in [-0.1, -0.05) is 6.92 Å². The normalized spacial score (nSPS) is 20.9. The smallest absolute Gasteiger partial charge is 0.220 e. The molecule has 1 aliphatic rings. The highest BCUT2D eigenvalue weighted by Crippen LogP contribution is 2.32. The van der Waals surface area contributed by atoms with Gasteiger partial charge in [0.1, 0.15) is 11.8 Å². The number of oxazole rings is 1. The molecule has 0 N–H and O–H groups in total. The second-order valence-electron chi connectivity index (χ2n) is 3.52. The fraction of sp³-hybridized carbons (Fsp3) is 0.600. The van der Waals surface area contributed by atoms with Gasteiger partial charge >= 0.3 is 0 Å². The Morgan fingerprint density at radius 2 is 2.60 bits per heavy atom. The molecule has 1 aromatic rings. The van der Waals surface area contributed by atoms with Crippen LogP contribution in [0.4, 0.5) is 0 Å². The largest absolute Gasteiger partial charge is 0.443 e. The minimum atomic E-state index is 0.0211. The van der Waals surface area contributed by atoms with Crippen LogP contribution in [0.25, 0.3) is 0 Å². The summed E-state index contributed by atoms with van der Waals surface area (Å²) in [4.78, 5) is 17.4. The van der Waals surface area contributed by atoms with E-state index in [9.17, 15) is 4.79 Å². The summed E-state index contributed by atoms with van der Waals surface area (Å²) in [6.07, 6.45) is 2.59. The maximum absolute atomic E-state index is 11.3. The third-order valence-electron chi connectivity index (χ3n) is 2.49. The van der Waals surface area contributed by atoms with Gasteiger partial charge in [0.05, 0.1) is 12.1 Å². The van der Waals surface area contributed by atoms with E-state index < -0.39 is 0 Å². The lowest BCUT2D eigenvalue weighted by Gasteiger charge is -2.18. The minimum absolute atomic E-state index is 0.0211. The van der Waals surface area contributed by atoms with E-state index >= 15 is 0 Å². The summed E-state index contributed by atoms with van der Waals surface area (Å²) in [6.45, 7) is 3.61. The molecule has 1 fully saturated rings. The fourth-order valence-corrected chi connectivity index (χ4v) is 2.81. The first-order valence-electron chi connectivity index (χ1n) is 5.02. The van der Waals surface area contributed by atoms with E-state index in [0.717, 1.165) is 23.8 Å². The molecule has 0 saturated carbocycles. The van der Waals surface area contributed by atoms with Crippen molar-refractivity contribution in [3.63, 3.8) is 0 Å². The highest BCUT2D eigenvalue weighted by molar-refractivity contribution is 7.99. The molecule has 2 rings (SSSR count). The Balaban J connectivity index is 2.18. The van der Waals surface area contributed by atoms with Crippen LogP contribution in [0.1, 0.15) is 31.5 Å². The van der Waals surface area contributed by atoms with Crippen LogP contribution < -0.4 is 0 Å². The third-order valence-corrected chi connectivity index (χ3v) is 3.50. The lowest BCUT2D eigenvalue weighted by molar-refractivity contribution is -0.129. The van der Waals surface area contributed by atoms with Crippen LogP contribution in [0.15, 0.2) is 10.6 Å². The Morgan fingerprint density at radius 1 is 1.80 bits per heavy atom. The maximum atomic E-state index is 11.3. The summed E-state index contributed by atoms with van der Waals surface area (Å²) in [5.41, 5.74) is 0. The van der Waals surface area contributed by atoms with E-state index in [2.05, 4.69) is 4.98 Å². The standard InChI is InChI=1S/C10H14N2O2S/c1-3-8-4-11-10(14-8)9-5-15-6-12(9)7(2)13/h4,9H,3,5-6H2,1-2H3. The molecule has 82 valence electrons. The Kier molecular flexibility index (Phi) is 3.00. The van der Waals surface area contributed by atoms with Crippen molar-refractivity contribution in [2.24, 2.45) is 0 Å². The highest BCUT2D eigenvalue weighted by Gasteiger charge is 2.31. The van der Waals surface area contributed by atoms with Crippen molar-refractivity contribution in [2.45, 2.75) is 26.3 Å². The number of amides is 1. The van der Waals surface area contributed by atoms with Crippen LogP contribution in [-0.4, -0.2) is 27.4 Å². The molecule has 0 aliphatic carbocycles. The van der Waals surface area contributed by atoms with Crippen LogP contribution in [0.2, 0.25) is 0 Å². The zero-order chi connectivity index (χ0) is 10.8. The first-order valence-corrected chi connectivity index (χ1v) is 6.17. The Labute approximate surface area is 93.0 Å². The average molecular weight is 226 g/mol. The van der Waals surface area contributed by atoms with Crippen molar-refractivity contribution >= 4 is 17.7 Å². The predicted octanol–water partition coefficient (Wildman–Crippen LogP) is 1.83. The highest BCUT2D eigenvalue weighted by atomic mass is 32.2. The van der Waals surface area contributed by atoms with Crippen molar-refractivity contribution in [1.29, 1.82) is 0 Å². The molecule has 0 bridgehead atoms. The van der Waals surface area contributed by atoms with Gasteiger partial charge in [-0.3, -0.25) is 4.79 Å². The molecule has 1 unspecified atom stereocenters. The maximum Gasteiger partial charge on any atom is 0.220 e. The number of hydrogen-bond acceptors (Lipinski definition) is 4. The van der Waals surface area contributed by atoms with Crippen LogP contribution in [-0.2, 0) is 11.2 Å². The topological polar surface area (TPSA) is 46.3 Å². The number of thioether (sulfide) groups is 1. The van der Waals surface area contributed by atoms with Crippen molar-refractivity contribution in [3.8, 4) is 0 Å². The van der Waals surface area contributed by atoms with Crippen LogP contribution in [0.3, 0.4) is 0 Å². The van der Waals surface area contributed by atoms with Gasteiger partial charge in [0.25, 0.3) is 0 Å². The Morgan fingerprint density at radius 3 is 3.20 bits per heavy atom. The van der Waals surface area contributed by atoms with E-state index in [1.807, 2.05) is 6.92 Å². The lowest BCUT2D eigenvalue weighted by Crippen LogP contribution is -2.28. The van der Waals surface area contributed by atoms with Gasteiger partial charge in [0.15, 0.2) is 0 Å². The second-order valence-corrected chi connectivity index (χ2v) is 4.52. The molecule has 2 heterocycles. The van der Waals surface area contributed by atoms with Gasteiger partial charge in [-0.2, -0.15) is 0 Å². The monoisotopic (exact) mass is 226 g/mol. The Bertz CT molecular complexity index is 364. The van der Waals surface area contributed by atoms with Gasteiger partial charge in [-0.25, -0.2) is 4.98 Å². The van der Waals surface area contributed by atoms with Crippen molar-refractivity contribution in [1.82, 2.24) is 9.88 Å². The van der Waals surface area contributed by atoms with Crippen LogP contribution in [0.5, 0.6) is 0 Å². The zero-order valence-electron chi connectivity index (χ0n) is 8.90. The SMILES string of the molecule is CCc1cnc(C2CSCN2C(C)=O)o1. The quantitative estimate of drug-likeness (QED) is 0.772. The molecule has 0 spiro atoms. The molecule has 5 heteroatoms. The van der Waals surface area contributed by atoms with Crippen molar-refractivity contribution < 1.29 is 9.21 Å². The first-order chi connectivity index (χ1) is 7.22. The summed E-state index contributed by atoms with van der Waals surface area (Å²) in [7, 11) is 0. The lowest BCUT2D eigenvalue weighted by atomic mass is 10.3. The molecule has 0 radical (unpaired) electrons. The van der Waals surface area contributed by atoms with Crippen LogP contribution in [0, 0.1) is 0 Å². The second kappa shape index (κ2) is 4.26. The summed E-state index contributed by atoms with van der Waals surface area (Å²) in [5.74, 6) is 3.26. The number of rotatable bonds is 2. The molecule has 1 aromatic heterocycles. The Hall–Kier alpha value is -0.970. The number of aryl methyl sites for hydroxylation is 1. The van der Waals surface area contributed by atoms with E-state index in [1.54, 1.807) is 29.8 Å². The molecule has 1 saturated heterocycles. The first kappa shape index (κ1) is 10.5. The molecule has 15 heavy (non-hydrogen) atoms. The molecule has 1 aliphatic heterocycles. The molecule has 1 atom stereocenters. The van der Waals surface area contributed by atoms with Gasteiger partial charge in [-0.05, 0) is 0 Å². The molecule has 0 aromatic carbocycles. The number of nitrogens with zero attached hydrogens (tertiary/aromatic N) is 2. The number of carbonyl (C=O) groups is 1. The van der Waals surface area contributed by atoms with Gasteiger partial charge < -0.3 is 9.32 Å². The molecular weight excluding hydrogens is 212 g/mol. The van der Waals surface area contributed by atoms with Gasteiger partial charge in [-0.15, -0.1) is 11.8 Å². The number of aromatic nitrogens is 1. The van der Waals surface area contributed by atoms with Crippen molar-refractivity contribution in [3.05, 3.63) is 17.8 Å². The fourth-order valence-electron chi connectivity index (χ4n) is 1.60. The number of carbonyl (C=O) groups excluding carboxylic acids is 1. The summed E-state index contributed by atoms with van der Waals surface area (Å²) < 4.78 is 5.58. The van der Waals surface area contributed by atoms with Crippen LogP contribution >= 0.6 is 11.8 Å². The van der Waals surface area contributed by atoms with E-state index in [4.69, 9.17) is 4.42 Å².